The van der Waals surface area contributed by atoms with Crippen LogP contribution in [0.1, 0.15) is 26.3 Å². The molecule has 1 rings (SSSR count). The summed E-state index contributed by atoms with van der Waals surface area (Å²) in [6.45, 7) is 6.25. The summed E-state index contributed by atoms with van der Waals surface area (Å²) in [5.74, 6) is 0.690. The SMILES string of the molecule is CC(C)C(C)(CCl)Cc1ccc(OC(F)(F)F)cc1. The van der Waals surface area contributed by atoms with E-state index in [2.05, 4.69) is 25.5 Å². The van der Waals surface area contributed by atoms with Gasteiger partial charge in [0.1, 0.15) is 5.75 Å². The molecular formula is C14H18ClF3O. The second-order valence-electron chi connectivity index (χ2n) is 5.31. The van der Waals surface area contributed by atoms with Crippen LogP contribution in [0.5, 0.6) is 5.75 Å². The molecule has 1 aromatic rings. The quantitative estimate of drug-likeness (QED) is 0.692. The molecule has 108 valence electrons. The van der Waals surface area contributed by atoms with Crippen molar-refractivity contribution in [3.63, 3.8) is 0 Å². The van der Waals surface area contributed by atoms with Crippen LogP contribution in [-0.2, 0) is 6.42 Å². The number of ether oxygens (including phenoxy) is 1. The summed E-state index contributed by atoms with van der Waals surface area (Å²) in [5, 5.41) is 0. The fraction of sp³-hybridized carbons (Fsp3) is 0.571. The molecule has 5 heteroatoms. The van der Waals surface area contributed by atoms with Gasteiger partial charge < -0.3 is 4.74 Å². The van der Waals surface area contributed by atoms with Crippen molar-refractivity contribution < 1.29 is 17.9 Å². The first-order valence-corrected chi connectivity index (χ1v) is 6.60. The normalized spacial score (nSPS) is 15.4. The average molecular weight is 295 g/mol. The predicted octanol–water partition coefficient (Wildman–Crippen LogP) is 5.03. The number of hydrogen-bond donors (Lipinski definition) is 0. The van der Waals surface area contributed by atoms with Crippen molar-refractivity contribution >= 4 is 11.6 Å². The van der Waals surface area contributed by atoms with Crippen LogP contribution in [0, 0.1) is 11.3 Å². The predicted molar refractivity (Wildman–Crippen MR) is 70.5 cm³/mol. The highest BCUT2D eigenvalue weighted by Gasteiger charge is 2.31. The van der Waals surface area contributed by atoms with Crippen molar-refractivity contribution in [1.82, 2.24) is 0 Å². The largest absolute Gasteiger partial charge is 0.573 e. The molecule has 0 aromatic heterocycles. The van der Waals surface area contributed by atoms with Crippen LogP contribution >= 0.6 is 11.6 Å². The molecule has 0 heterocycles. The average Bonchev–Trinajstić information content (AvgIpc) is 2.29. The first-order chi connectivity index (χ1) is 8.66. The number of hydrogen-bond acceptors (Lipinski definition) is 1. The third kappa shape index (κ3) is 4.94. The Bertz CT molecular complexity index is 400. The second kappa shape index (κ2) is 6.04. The fourth-order valence-electron chi connectivity index (χ4n) is 1.68. The highest BCUT2D eigenvalue weighted by molar-refractivity contribution is 6.18. The number of benzene rings is 1. The smallest absolute Gasteiger partial charge is 0.406 e. The molecule has 1 atom stereocenters. The van der Waals surface area contributed by atoms with E-state index in [0.717, 1.165) is 12.0 Å². The van der Waals surface area contributed by atoms with Crippen molar-refractivity contribution in [2.24, 2.45) is 11.3 Å². The van der Waals surface area contributed by atoms with Crippen LogP contribution in [0.25, 0.3) is 0 Å². The molecule has 0 saturated heterocycles. The van der Waals surface area contributed by atoms with E-state index in [1.54, 1.807) is 12.1 Å². The van der Waals surface area contributed by atoms with E-state index in [1.165, 1.54) is 12.1 Å². The molecule has 0 fully saturated rings. The molecule has 0 aliphatic heterocycles. The number of halogens is 4. The molecule has 19 heavy (non-hydrogen) atoms. The van der Waals surface area contributed by atoms with Crippen LogP contribution in [0.3, 0.4) is 0 Å². The second-order valence-corrected chi connectivity index (χ2v) is 5.58. The Hall–Kier alpha value is -0.900. The maximum absolute atomic E-state index is 12.0. The lowest BCUT2D eigenvalue weighted by Gasteiger charge is -2.31. The van der Waals surface area contributed by atoms with E-state index in [1.807, 2.05) is 0 Å². The first-order valence-electron chi connectivity index (χ1n) is 6.07. The van der Waals surface area contributed by atoms with Gasteiger partial charge in [-0.3, -0.25) is 0 Å². The third-order valence-corrected chi connectivity index (χ3v) is 4.07. The van der Waals surface area contributed by atoms with Crippen molar-refractivity contribution in [3.05, 3.63) is 29.8 Å². The van der Waals surface area contributed by atoms with Crippen molar-refractivity contribution in [2.45, 2.75) is 33.6 Å². The van der Waals surface area contributed by atoms with Crippen LogP contribution in [0.4, 0.5) is 13.2 Å². The Morgan fingerprint density at radius 1 is 1.16 bits per heavy atom. The molecule has 0 spiro atoms. The van der Waals surface area contributed by atoms with Crippen LogP contribution in [0.15, 0.2) is 24.3 Å². The first kappa shape index (κ1) is 16.2. The maximum Gasteiger partial charge on any atom is 0.573 e. The Kier molecular flexibility index (Phi) is 5.13. The van der Waals surface area contributed by atoms with Crippen LogP contribution in [-0.4, -0.2) is 12.2 Å². The van der Waals surface area contributed by atoms with Gasteiger partial charge in [-0.25, -0.2) is 0 Å². The topological polar surface area (TPSA) is 9.23 Å². The summed E-state index contributed by atoms with van der Waals surface area (Å²) in [5.41, 5.74) is 0.875. The lowest BCUT2D eigenvalue weighted by atomic mass is 9.76. The van der Waals surface area contributed by atoms with Gasteiger partial charge in [0.25, 0.3) is 0 Å². The molecule has 1 nitrogen and oxygen atoms in total. The summed E-state index contributed by atoms with van der Waals surface area (Å²) in [6.07, 6.45) is -3.93. The van der Waals surface area contributed by atoms with Crippen molar-refractivity contribution in [2.75, 3.05) is 5.88 Å². The van der Waals surface area contributed by atoms with Gasteiger partial charge in [-0.1, -0.05) is 32.9 Å². The molecule has 1 unspecified atom stereocenters. The van der Waals surface area contributed by atoms with Gasteiger partial charge in [0.15, 0.2) is 0 Å². The molecule has 0 aliphatic rings. The summed E-state index contributed by atoms with van der Waals surface area (Å²) in [4.78, 5) is 0. The van der Waals surface area contributed by atoms with Crippen LogP contribution in [0.2, 0.25) is 0 Å². The van der Waals surface area contributed by atoms with E-state index >= 15 is 0 Å². The third-order valence-electron chi connectivity index (χ3n) is 3.46. The summed E-state index contributed by atoms with van der Waals surface area (Å²) >= 11 is 6.00. The molecule has 0 amide bonds. The molecule has 0 bridgehead atoms. The zero-order valence-electron chi connectivity index (χ0n) is 11.2. The van der Waals surface area contributed by atoms with E-state index in [4.69, 9.17) is 11.6 Å². The van der Waals surface area contributed by atoms with Gasteiger partial charge >= 0.3 is 6.36 Å². The van der Waals surface area contributed by atoms with Crippen LogP contribution < -0.4 is 4.74 Å². The summed E-state index contributed by atoms with van der Waals surface area (Å²) < 4.78 is 39.9. The molecule has 1 aromatic carbocycles. The Labute approximate surface area is 116 Å². The van der Waals surface area contributed by atoms with Gasteiger partial charge in [0.05, 0.1) is 0 Å². The van der Waals surface area contributed by atoms with Gasteiger partial charge in [-0.2, -0.15) is 0 Å². The summed E-state index contributed by atoms with van der Waals surface area (Å²) in [6, 6.07) is 5.96. The molecule has 0 saturated carbocycles. The van der Waals surface area contributed by atoms with Gasteiger partial charge in [-0.15, -0.1) is 24.8 Å². The highest BCUT2D eigenvalue weighted by atomic mass is 35.5. The van der Waals surface area contributed by atoms with E-state index in [9.17, 15) is 13.2 Å². The minimum atomic E-state index is -4.65. The standard InChI is InChI=1S/C14H18ClF3O/c1-10(2)13(3,9-15)8-11-4-6-12(7-5-11)19-14(16,17)18/h4-7,10H,8-9H2,1-3H3. The van der Waals surface area contributed by atoms with E-state index in [-0.39, 0.29) is 11.2 Å². The number of rotatable bonds is 5. The monoisotopic (exact) mass is 294 g/mol. The van der Waals surface area contributed by atoms with Gasteiger partial charge in [0, 0.05) is 5.88 Å². The lowest BCUT2D eigenvalue weighted by Crippen LogP contribution is -2.28. The molecule has 0 aliphatic carbocycles. The minimum absolute atomic E-state index is 0.0754. The zero-order valence-corrected chi connectivity index (χ0v) is 12.0. The van der Waals surface area contributed by atoms with Gasteiger partial charge in [0.2, 0.25) is 0 Å². The Morgan fingerprint density at radius 3 is 2.05 bits per heavy atom. The summed E-state index contributed by atoms with van der Waals surface area (Å²) in [7, 11) is 0. The minimum Gasteiger partial charge on any atom is -0.406 e. The van der Waals surface area contributed by atoms with Gasteiger partial charge in [-0.05, 0) is 35.4 Å². The lowest BCUT2D eigenvalue weighted by molar-refractivity contribution is -0.274. The molecule has 0 radical (unpaired) electrons. The van der Waals surface area contributed by atoms with Crippen molar-refractivity contribution in [3.8, 4) is 5.75 Å². The highest BCUT2D eigenvalue weighted by Crippen LogP contribution is 2.33. The molecule has 0 N–H and O–H groups in total. The van der Waals surface area contributed by atoms with Crippen molar-refractivity contribution in [1.29, 1.82) is 0 Å². The Morgan fingerprint density at radius 2 is 1.68 bits per heavy atom. The van der Waals surface area contributed by atoms with E-state index < -0.39 is 6.36 Å². The maximum atomic E-state index is 12.0. The number of alkyl halides is 4. The van der Waals surface area contributed by atoms with E-state index in [0.29, 0.717) is 11.8 Å². The molecular weight excluding hydrogens is 277 g/mol. The fourth-order valence-corrected chi connectivity index (χ4v) is 2.08. The zero-order chi connectivity index (χ0) is 14.7. The Balaban J connectivity index is 2.77.